The number of rotatable bonds is 8. The molecule has 0 aliphatic carbocycles. The van der Waals surface area contributed by atoms with E-state index in [9.17, 15) is 55.4 Å². The lowest BCUT2D eigenvalue weighted by Crippen LogP contribution is -2.32. The molecule has 2 aromatic rings. The number of benzene rings is 2. The van der Waals surface area contributed by atoms with Crippen LogP contribution >= 0.6 is 0 Å². The standard InChI is InChI=1S/C16H13B2F6NO9S/c19-15(20,21)33-10-1-8(17(28)29)3-12(5-10)35(32,25-7-14(26)27)13-4-9(18(30)31)2-11(6-13)34-16(22,23)24/h1-6,28-31H,7H2,(H,26,27). The summed E-state index contributed by atoms with van der Waals surface area (Å²) in [5.41, 5.74) is -1.46. The fraction of sp³-hybridized carbons (Fsp3) is 0.188. The Kier molecular flexibility index (Phi) is 8.33. The molecule has 0 heterocycles. The average molecular weight is 531 g/mol. The molecule has 19 heteroatoms. The second kappa shape index (κ2) is 10.3. The summed E-state index contributed by atoms with van der Waals surface area (Å²) in [5.74, 6) is -4.00. The summed E-state index contributed by atoms with van der Waals surface area (Å²) in [4.78, 5) is 9.36. The molecule has 0 saturated carbocycles. The van der Waals surface area contributed by atoms with Crippen LogP contribution in [-0.4, -0.2) is 68.9 Å². The zero-order chi connectivity index (χ0) is 26.8. The summed E-state index contributed by atoms with van der Waals surface area (Å²) >= 11 is 0. The number of carbonyl (C=O) groups is 1. The quantitative estimate of drug-likeness (QED) is 0.230. The van der Waals surface area contributed by atoms with Crippen molar-refractivity contribution in [2.45, 2.75) is 22.5 Å². The van der Waals surface area contributed by atoms with Crippen molar-refractivity contribution < 1.29 is 70.0 Å². The number of ether oxygens (including phenoxy) is 2. The van der Waals surface area contributed by atoms with Crippen LogP contribution in [0.2, 0.25) is 0 Å². The van der Waals surface area contributed by atoms with E-state index in [1.54, 1.807) is 0 Å². The van der Waals surface area contributed by atoms with Crippen molar-refractivity contribution in [3.8, 4) is 11.5 Å². The van der Waals surface area contributed by atoms with Crippen molar-refractivity contribution >= 4 is 40.9 Å². The van der Waals surface area contributed by atoms with Crippen LogP contribution in [0.5, 0.6) is 11.5 Å². The van der Waals surface area contributed by atoms with E-state index in [4.69, 9.17) is 5.11 Å². The minimum absolute atomic E-state index is 0.430. The highest BCUT2D eigenvalue weighted by atomic mass is 32.2. The Morgan fingerprint density at radius 1 is 0.800 bits per heavy atom. The lowest BCUT2D eigenvalue weighted by molar-refractivity contribution is -0.275. The van der Waals surface area contributed by atoms with Gasteiger partial charge in [-0.2, -0.15) is 0 Å². The molecule has 0 bridgehead atoms. The van der Waals surface area contributed by atoms with Crippen molar-refractivity contribution in [3.63, 3.8) is 0 Å². The Hall–Kier alpha value is -2.99. The van der Waals surface area contributed by atoms with Crippen LogP contribution in [0.25, 0.3) is 0 Å². The third-order valence-electron chi connectivity index (χ3n) is 3.89. The zero-order valence-electron chi connectivity index (χ0n) is 16.8. The maximum absolute atomic E-state index is 13.8. The number of hydrogen-bond donors (Lipinski definition) is 5. The molecule has 2 aromatic carbocycles. The van der Waals surface area contributed by atoms with E-state index < -0.39 is 81.4 Å². The molecule has 35 heavy (non-hydrogen) atoms. The maximum atomic E-state index is 13.8. The highest BCUT2D eigenvalue weighted by Crippen LogP contribution is 2.31. The minimum Gasteiger partial charge on any atom is -0.480 e. The van der Waals surface area contributed by atoms with Crippen molar-refractivity contribution in [2.24, 2.45) is 4.36 Å². The fourth-order valence-electron chi connectivity index (χ4n) is 2.62. The lowest BCUT2D eigenvalue weighted by Gasteiger charge is -2.18. The SMILES string of the molecule is O=C(O)CN=S(=O)(c1cc(OC(F)(F)F)cc(B(O)O)c1)c1cc(OC(F)(F)F)cc(B(O)O)c1. The van der Waals surface area contributed by atoms with Gasteiger partial charge in [0.05, 0.1) is 9.79 Å². The van der Waals surface area contributed by atoms with Crippen LogP contribution in [0.1, 0.15) is 0 Å². The molecule has 0 aromatic heterocycles. The predicted octanol–water partition coefficient (Wildman–Crippen LogP) is -0.186. The first kappa shape index (κ1) is 28.2. The summed E-state index contributed by atoms with van der Waals surface area (Å²) in [6.07, 6.45) is -10.6. The Balaban J connectivity index is 2.90. The molecule has 0 radical (unpaired) electrons. The van der Waals surface area contributed by atoms with E-state index in [2.05, 4.69) is 13.8 Å². The molecule has 0 atom stereocenters. The van der Waals surface area contributed by atoms with Gasteiger partial charge in [-0.05, 0) is 47.3 Å². The van der Waals surface area contributed by atoms with Crippen molar-refractivity contribution in [1.29, 1.82) is 0 Å². The number of carboxylic acid groups (broad SMARTS) is 1. The second-order valence-electron chi connectivity index (χ2n) is 6.53. The smallest absolute Gasteiger partial charge is 0.480 e. The van der Waals surface area contributed by atoms with E-state index in [1.165, 1.54) is 0 Å². The van der Waals surface area contributed by atoms with Gasteiger partial charge in [0.2, 0.25) is 0 Å². The topological polar surface area (TPSA) is 166 Å². The van der Waals surface area contributed by atoms with Gasteiger partial charge in [0.25, 0.3) is 0 Å². The first-order valence-corrected chi connectivity index (χ1v) is 10.4. The molecule has 0 unspecified atom stereocenters. The number of alkyl halides is 6. The van der Waals surface area contributed by atoms with Crippen molar-refractivity contribution in [2.75, 3.05) is 6.54 Å². The van der Waals surface area contributed by atoms with Gasteiger partial charge in [-0.3, -0.25) is 4.79 Å². The monoisotopic (exact) mass is 531 g/mol. The first-order valence-electron chi connectivity index (χ1n) is 8.88. The van der Waals surface area contributed by atoms with Crippen LogP contribution in [0.3, 0.4) is 0 Å². The summed E-state index contributed by atoms with van der Waals surface area (Å²) in [5, 5.41) is 46.6. The third-order valence-corrected chi connectivity index (χ3v) is 6.13. The Labute approximate surface area is 192 Å². The van der Waals surface area contributed by atoms with Crippen molar-refractivity contribution in [1.82, 2.24) is 0 Å². The van der Waals surface area contributed by atoms with E-state index in [1.807, 2.05) is 0 Å². The summed E-state index contributed by atoms with van der Waals surface area (Å²) in [6, 6.07) is 3.11. The Morgan fingerprint density at radius 3 is 1.46 bits per heavy atom. The summed E-state index contributed by atoms with van der Waals surface area (Å²) in [7, 11) is -9.42. The fourth-order valence-corrected chi connectivity index (χ4v) is 4.63. The predicted molar refractivity (Wildman–Crippen MR) is 106 cm³/mol. The summed E-state index contributed by atoms with van der Waals surface area (Å²) in [6.45, 7) is -1.28. The number of hydrogen-bond acceptors (Lipinski definition) is 9. The van der Waals surface area contributed by atoms with Crippen LogP contribution in [0.15, 0.2) is 50.6 Å². The van der Waals surface area contributed by atoms with Crippen molar-refractivity contribution in [3.05, 3.63) is 36.4 Å². The molecule has 0 aliphatic rings. The third kappa shape index (κ3) is 8.03. The van der Waals surface area contributed by atoms with Gasteiger partial charge >= 0.3 is 32.9 Å². The van der Waals surface area contributed by atoms with E-state index in [0.717, 1.165) is 0 Å². The maximum Gasteiger partial charge on any atom is 0.573 e. The van der Waals surface area contributed by atoms with Gasteiger partial charge < -0.3 is 34.7 Å². The molecule has 190 valence electrons. The highest BCUT2D eigenvalue weighted by Gasteiger charge is 2.34. The number of nitrogens with zero attached hydrogens (tertiary/aromatic N) is 1. The Bertz CT molecular complexity index is 1140. The van der Waals surface area contributed by atoms with Gasteiger partial charge in [-0.15, -0.1) is 26.3 Å². The van der Waals surface area contributed by atoms with E-state index in [-0.39, 0.29) is 0 Å². The molecule has 0 amide bonds. The summed E-state index contributed by atoms with van der Waals surface area (Å²) < 4.78 is 101. The number of aliphatic carboxylic acids is 1. The molecule has 0 aliphatic heterocycles. The van der Waals surface area contributed by atoms with Crippen LogP contribution in [-0.2, 0) is 14.5 Å². The van der Waals surface area contributed by atoms with Gasteiger partial charge in [0.1, 0.15) is 27.8 Å². The molecular weight excluding hydrogens is 518 g/mol. The lowest BCUT2D eigenvalue weighted by atomic mass is 9.80. The van der Waals surface area contributed by atoms with E-state index >= 15 is 0 Å². The molecule has 2 rings (SSSR count). The highest BCUT2D eigenvalue weighted by molar-refractivity contribution is 7.93. The zero-order valence-corrected chi connectivity index (χ0v) is 17.6. The molecular formula is C16H13B2F6NO9S. The normalized spacial score (nSPS) is 12.2. The van der Waals surface area contributed by atoms with Gasteiger partial charge in [0.15, 0.2) is 0 Å². The van der Waals surface area contributed by atoms with E-state index in [0.29, 0.717) is 36.4 Å². The molecule has 0 fully saturated rings. The molecule has 0 spiro atoms. The number of halogens is 6. The molecule has 10 nitrogen and oxygen atoms in total. The van der Waals surface area contributed by atoms with Crippen LogP contribution in [0.4, 0.5) is 26.3 Å². The second-order valence-corrected chi connectivity index (χ2v) is 8.78. The van der Waals surface area contributed by atoms with Gasteiger partial charge in [-0.25, -0.2) is 8.57 Å². The Morgan fingerprint density at radius 2 is 1.17 bits per heavy atom. The van der Waals surface area contributed by atoms with Crippen LogP contribution < -0.4 is 20.4 Å². The molecule has 5 N–H and O–H groups in total. The van der Waals surface area contributed by atoms with Gasteiger partial charge in [0, 0.05) is 0 Å². The van der Waals surface area contributed by atoms with Gasteiger partial charge in [-0.1, -0.05) is 0 Å². The van der Waals surface area contributed by atoms with Crippen LogP contribution in [0, 0.1) is 0 Å². The minimum atomic E-state index is -5.32. The number of carboxylic acids is 1. The average Bonchev–Trinajstić information content (AvgIpc) is 2.68. The molecule has 0 saturated heterocycles. The first-order chi connectivity index (χ1) is 15.9. The largest absolute Gasteiger partial charge is 0.573 e.